The minimum atomic E-state index is -0.579. The van der Waals surface area contributed by atoms with Gasteiger partial charge in [0.25, 0.3) is 5.91 Å². The molecular formula is C73H77Cl3N5O10Pd-. The molecule has 0 spiro atoms. The number of rotatable bonds is 7. The molecule has 92 heavy (non-hydrogen) atoms. The molecule has 486 valence electrons. The molecule has 3 atom stereocenters. The Labute approximate surface area is 566 Å². The van der Waals surface area contributed by atoms with Crippen LogP contribution in [0.3, 0.4) is 0 Å². The van der Waals surface area contributed by atoms with Crippen LogP contribution in [-0.2, 0) is 47.7 Å². The number of phenolic OH excluding ortho intramolecular Hbond substituents is 2. The van der Waals surface area contributed by atoms with Gasteiger partial charge >= 0.3 is 18.3 Å². The zero-order chi connectivity index (χ0) is 64.1. The summed E-state index contributed by atoms with van der Waals surface area (Å²) in [4.78, 5) is 61.9. The number of phenols is 2. The summed E-state index contributed by atoms with van der Waals surface area (Å²) in [6.07, 6.45) is -0.468. The van der Waals surface area contributed by atoms with Crippen molar-refractivity contribution in [1.29, 1.82) is 0 Å². The summed E-state index contributed by atoms with van der Waals surface area (Å²) in [7, 11) is 0. The summed E-state index contributed by atoms with van der Waals surface area (Å²) in [6, 6.07) is 44.4. The number of aromatic hydroxyl groups is 2. The molecule has 8 aromatic carbocycles. The number of ether oxygens (including phenoxy) is 4. The van der Waals surface area contributed by atoms with Crippen molar-refractivity contribution >= 4 is 125 Å². The third kappa shape index (κ3) is 14.0. The van der Waals surface area contributed by atoms with Gasteiger partial charge in [0.2, 0.25) is 0 Å². The summed E-state index contributed by atoms with van der Waals surface area (Å²) in [5.41, 5.74) is 7.73. The van der Waals surface area contributed by atoms with Crippen LogP contribution in [0.1, 0.15) is 118 Å². The van der Waals surface area contributed by atoms with Gasteiger partial charge in [0, 0.05) is 127 Å². The molecule has 0 unspecified atom stereocenters. The maximum Gasteiger partial charge on any atom is 0.414 e. The van der Waals surface area contributed by atoms with Crippen molar-refractivity contribution in [3.05, 3.63) is 180 Å². The van der Waals surface area contributed by atoms with E-state index in [0.29, 0.717) is 73.9 Å². The van der Waals surface area contributed by atoms with Crippen LogP contribution in [0.15, 0.2) is 140 Å². The van der Waals surface area contributed by atoms with Crippen molar-refractivity contribution in [1.82, 2.24) is 4.98 Å². The Morgan fingerprint density at radius 2 is 0.891 bits per heavy atom. The second-order valence-electron chi connectivity index (χ2n) is 26.1. The Hall–Kier alpha value is -7.71. The van der Waals surface area contributed by atoms with E-state index in [0.717, 1.165) is 88.2 Å². The van der Waals surface area contributed by atoms with Gasteiger partial charge in [0.05, 0.1) is 22.7 Å². The summed E-state index contributed by atoms with van der Waals surface area (Å²) >= 11 is 18.8. The van der Waals surface area contributed by atoms with Gasteiger partial charge in [-0.25, -0.2) is 14.4 Å². The maximum absolute atomic E-state index is 13.8. The van der Waals surface area contributed by atoms with Crippen LogP contribution in [0.25, 0.3) is 43.2 Å². The van der Waals surface area contributed by atoms with Gasteiger partial charge in [-0.1, -0.05) is 103 Å². The fourth-order valence-electron chi connectivity index (χ4n) is 12.6. The van der Waals surface area contributed by atoms with E-state index in [1.807, 2.05) is 178 Å². The van der Waals surface area contributed by atoms with Crippen LogP contribution in [0.4, 0.5) is 37.1 Å². The molecule has 0 saturated heterocycles. The van der Waals surface area contributed by atoms with Crippen molar-refractivity contribution in [2.45, 2.75) is 110 Å². The van der Waals surface area contributed by atoms with Crippen molar-refractivity contribution in [2.75, 3.05) is 63.4 Å². The average molecular weight is 1400 g/mol. The standard InChI is InChI=1S/C29H28ClN3O4.C25H26ClNO3.C18H20ClNO3.CH3.Pd/c1-29(2,3)37-28(36)32-11-10-17-20-12-22(31-21(20)8-9-23(17)32)27(35)33-15-16(14-30)26-19-7-5-4-6-18(19)25(34)13-24(26)33;1-25(2,3)30-24(28)27-15-18(14-26)23-20-12-8-7-11-19(20)22(13-21(23)27)29-16-17-9-5-4-6-10-17;1-18(2,3)23-17(22)20-10-11(9-19)16-13-7-5-4-6-12(13)15(21)8-14(16)20;;/h4-9,12-13,16,31,34H,10-11,14-15H2,1-3H3;4-13,18H,14-16H2,1-3H3;4-8,11,21H,9-10H2,1-3H3;1H3;/q;;;-1;/t16-;18-;11-;;/m111../s1. The number of nitrogens with one attached hydrogen (secondary N) is 1. The molecule has 0 radical (unpaired) electrons. The van der Waals surface area contributed by atoms with E-state index >= 15 is 0 Å². The topological polar surface area (TPSA) is 174 Å². The Kier molecular flexibility index (Phi) is 20.5. The van der Waals surface area contributed by atoms with Crippen LogP contribution in [-0.4, -0.2) is 100 Å². The summed E-state index contributed by atoms with van der Waals surface area (Å²) < 4.78 is 22.9. The number of carbonyl (C=O) groups excluding carboxylic acids is 4. The summed E-state index contributed by atoms with van der Waals surface area (Å²) in [6.45, 7) is 19.0. The van der Waals surface area contributed by atoms with Crippen LogP contribution in [0.2, 0.25) is 0 Å². The van der Waals surface area contributed by atoms with Crippen LogP contribution in [0.5, 0.6) is 17.2 Å². The van der Waals surface area contributed by atoms with E-state index in [1.165, 1.54) is 0 Å². The second kappa shape index (κ2) is 27.5. The molecule has 0 bridgehead atoms. The molecule has 0 fully saturated rings. The Morgan fingerprint density at radius 1 is 0.489 bits per heavy atom. The number of hydrogen-bond donors (Lipinski definition) is 3. The number of nitrogens with zero attached hydrogens (tertiary/aromatic N) is 4. The first-order valence-electron chi connectivity index (χ1n) is 30.2. The van der Waals surface area contributed by atoms with E-state index in [9.17, 15) is 29.4 Å². The molecule has 0 aliphatic carbocycles. The molecular weight excluding hydrogens is 1320 g/mol. The molecule has 4 amide bonds. The van der Waals surface area contributed by atoms with Crippen molar-refractivity contribution in [3.63, 3.8) is 0 Å². The molecule has 5 heterocycles. The molecule has 9 aromatic rings. The fourth-order valence-corrected chi connectivity index (χ4v) is 13.3. The van der Waals surface area contributed by atoms with Gasteiger partial charge in [-0.05, 0) is 131 Å². The number of amides is 4. The van der Waals surface area contributed by atoms with Crippen molar-refractivity contribution in [3.8, 4) is 17.2 Å². The third-order valence-corrected chi connectivity index (χ3v) is 17.4. The molecule has 13 rings (SSSR count). The van der Waals surface area contributed by atoms with Gasteiger partial charge < -0.3 is 46.5 Å². The van der Waals surface area contributed by atoms with Gasteiger partial charge in [-0.15, -0.1) is 34.8 Å². The number of halogens is 3. The summed E-state index contributed by atoms with van der Waals surface area (Å²) in [5.74, 6) is 2.08. The molecule has 1 aromatic heterocycles. The zero-order valence-electron chi connectivity index (χ0n) is 53.3. The Bertz CT molecular complexity index is 4260. The van der Waals surface area contributed by atoms with Crippen LogP contribution >= 0.6 is 34.8 Å². The second-order valence-corrected chi connectivity index (χ2v) is 27.0. The number of carbonyl (C=O) groups is 4. The van der Waals surface area contributed by atoms with E-state index in [-0.39, 0.29) is 75.2 Å². The average Bonchev–Trinajstić information content (AvgIpc) is 1.61. The van der Waals surface area contributed by atoms with Crippen LogP contribution in [0, 0.1) is 7.43 Å². The van der Waals surface area contributed by atoms with Gasteiger partial charge in [-0.2, -0.15) is 0 Å². The number of H-pyrrole nitrogens is 1. The number of alkyl halides is 3. The Balaban J connectivity index is 0.000000166. The number of fused-ring (bicyclic) bond motifs is 12. The SMILES string of the molecule is CC(C)(C)OC(=O)N1CCc2c1ccc1[nH]c(C(=O)N3C[C@@H](CCl)c4c3cc(O)c3ccccc43)cc21.CC(C)(C)OC(=O)N1C[C@@H](CCl)c2c1cc(O)c1ccccc21.CC(C)(C)OC(=O)N1C[C@@H](CCl)c2c1cc(OCc1ccccc1)c1ccccc21.[CH3-].[Pd]. The van der Waals surface area contributed by atoms with E-state index in [1.54, 1.807) is 31.7 Å². The molecule has 4 aliphatic heterocycles. The van der Waals surface area contributed by atoms with E-state index in [2.05, 4.69) is 17.1 Å². The molecule has 0 saturated carbocycles. The van der Waals surface area contributed by atoms with Gasteiger partial charge in [-0.3, -0.25) is 19.5 Å². The smallest absolute Gasteiger partial charge is 0.414 e. The maximum atomic E-state index is 13.8. The molecule has 15 nitrogen and oxygen atoms in total. The van der Waals surface area contributed by atoms with Crippen molar-refractivity contribution in [2.24, 2.45) is 0 Å². The van der Waals surface area contributed by atoms with Crippen LogP contribution < -0.4 is 24.3 Å². The Morgan fingerprint density at radius 3 is 1.36 bits per heavy atom. The normalized spacial score (nSPS) is 16.3. The molecule has 19 heteroatoms. The monoisotopic (exact) mass is 1390 g/mol. The number of anilines is 4. The number of hydrogen-bond acceptors (Lipinski definition) is 10. The number of aromatic nitrogens is 1. The van der Waals surface area contributed by atoms with E-state index < -0.39 is 22.9 Å². The molecule has 4 aliphatic rings. The predicted octanol–water partition coefficient (Wildman–Crippen LogP) is 17.9. The van der Waals surface area contributed by atoms with Crippen molar-refractivity contribution < 1.29 is 68.8 Å². The zero-order valence-corrected chi connectivity index (χ0v) is 57.1. The number of benzene rings is 8. The minimum absolute atomic E-state index is 0. The first-order valence-corrected chi connectivity index (χ1v) is 31.8. The first-order chi connectivity index (χ1) is 42.8. The summed E-state index contributed by atoms with van der Waals surface area (Å²) in [5, 5.41) is 27.4. The van der Waals surface area contributed by atoms with Gasteiger partial charge in [0.15, 0.2) is 0 Å². The third-order valence-electron chi connectivity index (χ3n) is 16.3. The fraction of sp³-hybridized carbons (Fsp3) is 0.329. The molecule has 3 N–H and O–H groups in total. The van der Waals surface area contributed by atoms with Gasteiger partial charge in [0.1, 0.15) is 46.4 Å². The van der Waals surface area contributed by atoms with E-state index in [4.69, 9.17) is 53.8 Å². The predicted molar refractivity (Wildman–Crippen MR) is 367 cm³/mol. The minimum Gasteiger partial charge on any atom is -0.507 e. The quantitative estimate of drug-likeness (QED) is 0.0603. The largest absolute Gasteiger partial charge is 0.507 e. The first kappa shape index (κ1) is 68.7. The number of aromatic amines is 1.